The monoisotopic (exact) mass is 428 g/mol. The molecule has 6 nitrogen and oxygen atoms in total. The molecule has 1 atom stereocenters. The Hall–Kier alpha value is -1.64. The molecule has 0 aliphatic carbocycles. The molecule has 1 heterocycles. The van der Waals surface area contributed by atoms with Gasteiger partial charge >= 0.3 is 0 Å². The third-order valence-electron chi connectivity index (χ3n) is 4.13. The van der Waals surface area contributed by atoms with E-state index in [0.29, 0.717) is 22.9 Å². The molecule has 0 unspecified atom stereocenters. The predicted molar refractivity (Wildman–Crippen MR) is 105 cm³/mol. The van der Waals surface area contributed by atoms with Gasteiger partial charge in [0.25, 0.3) is 5.91 Å². The standard InChI is InChI=1S/C18H18Cl2N2O4S/c19-16-8-3-12(10-17(16)20)18(23)22-13-4-6-15(7-5-13)27(24,25)21-11-14-2-1-9-26-14/h3-8,10,14,21H,1-2,9,11H2,(H,22,23)/t14-/m1/s1. The molecule has 1 saturated heterocycles. The van der Waals surface area contributed by atoms with E-state index in [-0.39, 0.29) is 28.5 Å². The molecule has 2 aromatic carbocycles. The van der Waals surface area contributed by atoms with Gasteiger partial charge in [-0.15, -0.1) is 0 Å². The van der Waals surface area contributed by atoms with E-state index < -0.39 is 10.0 Å². The summed E-state index contributed by atoms with van der Waals surface area (Å²) in [5, 5.41) is 3.32. The highest BCUT2D eigenvalue weighted by Crippen LogP contribution is 2.23. The molecule has 1 aliphatic heterocycles. The summed E-state index contributed by atoms with van der Waals surface area (Å²) < 4.78 is 32.6. The van der Waals surface area contributed by atoms with Gasteiger partial charge in [-0.1, -0.05) is 23.2 Å². The van der Waals surface area contributed by atoms with Crippen LogP contribution in [0, 0.1) is 0 Å². The molecule has 144 valence electrons. The lowest BCUT2D eigenvalue weighted by molar-refractivity contribution is 0.102. The normalized spacial score (nSPS) is 17.0. The van der Waals surface area contributed by atoms with Gasteiger partial charge in [0.05, 0.1) is 21.0 Å². The van der Waals surface area contributed by atoms with Crippen LogP contribution in [0.3, 0.4) is 0 Å². The molecule has 0 spiro atoms. The number of nitrogens with one attached hydrogen (secondary N) is 2. The highest BCUT2D eigenvalue weighted by atomic mass is 35.5. The smallest absolute Gasteiger partial charge is 0.255 e. The number of carbonyl (C=O) groups excluding carboxylic acids is 1. The summed E-state index contributed by atoms with van der Waals surface area (Å²) in [6.07, 6.45) is 1.71. The van der Waals surface area contributed by atoms with E-state index in [9.17, 15) is 13.2 Å². The fraction of sp³-hybridized carbons (Fsp3) is 0.278. The molecule has 0 aromatic heterocycles. The molecule has 1 aliphatic rings. The van der Waals surface area contributed by atoms with E-state index in [2.05, 4.69) is 10.0 Å². The summed E-state index contributed by atoms with van der Waals surface area (Å²) in [4.78, 5) is 12.4. The van der Waals surface area contributed by atoms with Crippen LogP contribution in [0.4, 0.5) is 5.69 Å². The van der Waals surface area contributed by atoms with Crippen molar-refractivity contribution in [3.63, 3.8) is 0 Å². The second-order valence-electron chi connectivity index (χ2n) is 6.09. The first-order chi connectivity index (χ1) is 12.8. The third-order valence-corrected chi connectivity index (χ3v) is 6.31. The van der Waals surface area contributed by atoms with Gasteiger partial charge in [-0.25, -0.2) is 13.1 Å². The predicted octanol–water partition coefficient (Wildman–Crippen LogP) is 3.70. The number of carbonyl (C=O) groups is 1. The van der Waals surface area contributed by atoms with E-state index in [1.165, 1.54) is 36.4 Å². The van der Waals surface area contributed by atoms with Crippen molar-refractivity contribution >= 4 is 44.8 Å². The number of ether oxygens (including phenoxy) is 1. The maximum atomic E-state index is 12.3. The molecule has 0 bridgehead atoms. The van der Waals surface area contributed by atoms with Crippen molar-refractivity contribution in [3.05, 3.63) is 58.1 Å². The van der Waals surface area contributed by atoms with E-state index in [0.717, 1.165) is 12.8 Å². The van der Waals surface area contributed by atoms with Crippen molar-refractivity contribution in [3.8, 4) is 0 Å². The van der Waals surface area contributed by atoms with Crippen LogP contribution >= 0.6 is 23.2 Å². The number of hydrogen-bond acceptors (Lipinski definition) is 4. The van der Waals surface area contributed by atoms with Gasteiger partial charge in [-0.3, -0.25) is 4.79 Å². The van der Waals surface area contributed by atoms with Crippen molar-refractivity contribution in [1.82, 2.24) is 4.72 Å². The molecule has 9 heteroatoms. The van der Waals surface area contributed by atoms with Crippen molar-refractivity contribution in [1.29, 1.82) is 0 Å². The summed E-state index contributed by atoms with van der Waals surface area (Å²) >= 11 is 11.8. The molecule has 0 radical (unpaired) electrons. The van der Waals surface area contributed by atoms with Crippen molar-refractivity contribution in [2.75, 3.05) is 18.5 Å². The van der Waals surface area contributed by atoms with E-state index in [1.54, 1.807) is 6.07 Å². The van der Waals surface area contributed by atoms with Crippen LogP contribution in [0.5, 0.6) is 0 Å². The highest BCUT2D eigenvalue weighted by Gasteiger charge is 2.20. The zero-order valence-electron chi connectivity index (χ0n) is 14.2. The van der Waals surface area contributed by atoms with Crippen LogP contribution in [-0.4, -0.2) is 33.6 Å². The Morgan fingerprint density at radius 3 is 2.48 bits per heavy atom. The lowest BCUT2D eigenvalue weighted by atomic mass is 10.2. The molecule has 2 N–H and O–H groups in total. The summed E-state index contributed by atoms with van der Waals surface area (Å²) in [6, 6.07) is 10.5. The largest absolute Gasteiger partial charge is 0.377 e. The molecule has 1 fully saturated rings. The van der Waals surface area contributed by atoms with Gasteiger partial charge in [0.1, 0.15) is 0 Å². The zero-order chi connectivity index (χ0) is 19.4. The van der Waals surface area contributed by atoms with Crippen LogP contribution in [0.1, 0.15) is 23.2 Å². The van der Waals surface area contributed by atoms with Crippen molar-refractivity contribution < 1.29 is 17.9 Å². The average molecular weight is 429 g/mol. The first-order valence-electron chi connectivity index (χ1n) is 8.33. The quantitative estimate of drug-likeness (QED) is 0.734. The fourth-order valence-electron chi connectivity index (χ4n) is 2.65. The molecule has 27 heavy (non-hydrogen) atoms. The fourth-order valence-corrected chi connectivity index (χ4v) is 4.01. The van der Waals surface area contributed by atoms with Gasteiger partial charge in [0.15, 0.2) is 0 Å². The number of amides is 1. The van der Waals surface area contributed by atoms with Gasteiger partial charge in [0, 0.05) is 24.4 Å². The summed E-state index contributed by atoms with van der Waals surface area (Å²) in [5.41, 5.74) is 0.809. The minimum Gasteiger partial charge on any atom is -0.377 e. The number of sulfonamides is 1. The number of hydrogen-bond donors (Lipinski definition) is 2. The number of anilines is 1. The number of halogens is 2. The zero-order valence-corrected chi connectivity index (χ0v) is 16.6. The Labute approximate surface area is 167 Å². The second-order valence-corrected chi connectivity index (χ2v) is 8.68. The molecule has 3 rings (SSSR count). The minimum atomic E-state index is -3.63. The number of rotatable bonds is 6. The Kier molecular flexibility index (Phi) is 6.39. The van der Waals surface area contributed by atoms with E-state index in [4.69, 9.17) is 27.9 Å². The van der Waals surface area contributed by atoms with Gasteiger partial charge in [0.2, 0.25) is 10.0 Å². The molecule has 2 aromatic rings. The SMILES string of the molecule is O=C(Nc1ccc(S(=O)(=O)NC[C@H]2CCCO2)cc1)c1ccc(Cl)c(Cl)c1. The van der Waals surface area contributed by atoms with Gasteiger partial charge in [-0.05, 0) is 55.3 Å². The molecular weight excluding hydrogens is 411 g/mol. The highest BCUT2D eigenvalue weighted by molar-refractivity contribution is 7.89. The van der Waals surface area contributed by atoms with Crippen LogP contribution in [-0.2, 0) is 14.8 Å². The topological polar surface area (TPSA) is 84.5 Å². The molecule has 0 saturated carbocycles. The van der Waals surface area contributed by atoms with Crippen molar-refractivity contribution in [2.45, 2.75) is 23.8 Å². The minimum absolute atomic E-state index is 0.0791. The van der Waals surface area contributed by atoms with Crippen LogP contribution < -0.4 is 10.0 Å². The Bertz CT molecular complexity index is 927. The lowest BCUT2D eigenvalue weighted by Crippen LogP contribution is -2.31. The Balaban J connectivity index is 1.63. The summed E-state index contributed by atoms with van der Waals surface area (Å²) in [6.45, 7) is 0.914. The molecular formula is C18H18Cl2N2O4S. The second kappa shape index (κ2) is 8.58. The van der Waals surface area contributed by atoms with E-state index in [1.807, 2.05) is 0 Å². The van der Waals surface area contributed by atoms with Gasteiger partial charge < -0.3 is 10.1 Å². The van der Waals surface area contributed by atoms with Crippen LogP contribution in [0.15, 0.2) is 47.4 Å². The van der Waals surface area contributed by atoms with Crippen molar-refractivity contribution in [2.24, 2.45) is 0 Å². The Morgan fingerprint density at radius 2 is 1.85 bits per heavy atom. The summed E-state index contributed by atoms with van der Waals surface area (Å²) in [7, 11) is -3.63. The maximum absolute atomic E-state index is 12.3. The first kappa shape index (κ1) is 20.1. The molecule has 1 amide bonds. The third kappa shape index (κ3) is 5.21. The first-order valence-corrected chi connectivity index (χ1v) is 10.6. The van der Waals surface area contributed by atoms with Crippen LogP contribution in [0.25, 0.3) is 0 Å². The van der Waals surface area contributed by atoms with Crippen LogP contribution in [0.2, 0.25) is 10.0 Å². The van der Waals surface area contributed by atoms with E-state index >= 15 is 0 Å². The number of benzene rings is 2. The Morgan fingerprint density at radius 1 is 1.11 bits per heavy atom. The average Bonchev–Trinajstić information content (AvgIpc) is 3.16. The van der Waals surface area contributed by atoms with Gasteiger partial charge in [-0.2, -0.15) is 0 Å². The summed E-state index contributed by atoms with van der Waals surface area (Å²) in [5.74, 6) is -0.374. The maximum Gasteiger partial charge on any atom is 0.255 e. The lowest BCUT2D eigenvalue weighted by Gasteiger charge is -2.12.